The van der Waals surface area contributed by atoms with Crippen molar-refractivity contribution >= 4 is 34.3 Å². The van der Waals surface area contributed by atoms with E-state index >= 15 is 0 Å². The lowest BCUT2D eigenvalue weighted by atomic mass is 9.87. The third-order valence-corrected chi connectivity index (χ3v) is 8.06. The van der Waals surface area contributed by atoms with E-state index in [2.05, 4.69) is 40.4 Å². The van der Waals surface area contributed by atoms with E-state index < -0.39 is 5.82 Å². The van der Waals surface area contributed by atoms with Crippen LogP contribution in [0.2, 0.25) is 5.02 Å². The van der Waals surface area contributed by atoms with E-state index in [1.54, 1.807) is 12.3 Å². The van der Waals surface area contributed by atoms with Crippen molar-refractivity contribution in [3.8, 4) is 11.1 Å². The van der Waals surface area contributed by atoms with Gasteiger partial charge in [-0.1, -0.05) is 23.7 Å². The Bertz CT molecular complexity index is 1590. The Morgan fingerprint density at radius 1 is 1.19 bits per heavy atom. The molecule has 0 amide bonds. The highest BCUT2D eigenvalue weighted by molar-refractivity contribution is 6.33. The number of benzene rings is 2. The van der Waals surface area contributed by atoms with Crippen LogP contribution >= 0.6 is 11.6 Å². The minimum absolute atomic E-state index is 0.120. The van der Waals surface area contributed by atoms with Crippen LogP contribution in [0.3, 0.4) is 0 Å². The Kier molecular flexibility index (Phi) is 4.79. The number of pyridine rings is 1. The maximum Gasteiger partial charge on any atom is 0.229 e. The fourth-order valence-corrected chi connectivity index (χ4v) is 6.00. The standard InChI is InChI=1S/C28H25ClFN5O/c1-34-13-16-11-17(5-8-21(16)28(15-34)9-10-28)32-27-31-12-19-25(36)20(24-22(29)3-2-4-23(24)30)14-35(18-6-7-18)26(19)33-27/h2-5,8,11-12,14,18H,6-7,9-10,13,15H2,1H3,(H,31,32,33). The molecule has 1 aliphatic heterocycles. The van der Waals surface area contributed by atoms with Gasteiger partial charge < -0.3 is 14.8 Å². The van der Waals surface area contributed by atoms with Crippen molar-refractivity contribution in [1.29, 1.82) is 0 Å². The van der Waals surface area contributed by atoms with E-state index in [9.17, 15) is 9.18 Å². The number of nitrogens with zero attached hydrogens (tertiary/aromatic N) is 4. The highest BCUT2D eigenvalue weighted by atomic mass is 35.5. The van der Waals surface area contributed by atoms with Gasteiger partial charge in [-0.2, -0.15) is 4.98 Å². The Labute approximate surface area is 212 Å². The quantitative estimate of drug-likeness (QED) is 0.382. The minimum atomic E-state index is -0.522. The number of hydrogen-bond acceptors (Lipinski definition) is 5. The van der Waals surface area contributed by atoms with Crippen LogP contribution in [0.25, 0.3) is 22.2 Å². The molecule has 4 aromatic rings. The molecule has 2 aromatic heterocycles. The molecule has 182 valence electrons. The molecule has 7 rings (SSSR count). The molecule has 2 aromatic carbocycles. The largest absolute Gasteiger partial charge is 0.328 e. The summed E-state index contributed by atoms with van der Waals surface area (Å²) in [6.45, 7) is 2.05. The number of aromatic nitrogens is 3. The van der Waals surface area contributed by atoms with Crippen LogP contribution in [0, 0.1) is 5.82 Å². The number of hydrogen-bond donors (Lipinski definition) is 1. The van der Waals surface area contributed by atoms with Crippen molar-refractivity contribution in [3.05, 3.63) is 81.0 Å². The summed E-state index contributed by atoms with van der Waals surface area (Å²) in [4.78, 5) is 25.0. The zero-order valence-corrected chi connectivity index (χ0v) is 20.6. The molecule has 8 heteroatoms. The molecule has 0 bridgehead atoms. The van der Waals surface area contributed by atoms with E-state index in [1.807, 2.05) is 4.57 Å². The summed E-state index contributed by atoms with van der Waals surface area (Å²) in [5, 5.41) is 3.90. The zero-order valence-electron chi connectivity index (χ0n) is 19.9. The molecule has 3 aliphatic rings. The molecule has 2 fully saturated rings. The Morgan fingerprint density at radius 3 is 2.78 bits per heavy atom. The van der Waals surface area contributed by atoms with Gasteiger partial charge in [-0.3, -0.25) is 4.79 Å². The molecule has 0 saturated heterocycles. The number of likely N-dealkylation sites (N-methyl/N-ethyl adjacent to an activating group) is 1. The molecule has 1 spiro atoms. The number of halogens is 2. The molecule has 2 aliphatic carbocycles. The van der Waals surface area contributed by atoms with E-state index in [1.165, 1.54) is 42.3 Å². The molecular weight excluding hydrogens is 477 g/mol. The van der Waals surface area contributed by atoms with Crippen molar-refractivity contribution in [2.45, 2.75) is 43.7 Å². The topological polar surface area (TPSA) is 63.1 Å². The summed E-state index contributed by atoms with van der Waals surface area (Å²) < 4.78 is 16.7. The van der Waals surface area contributed by atoms with Crippen LogP contribution in [0.4, 0.5) is 16.0 Å². The van der Waals surface area contributed by atoms with E-state index in [-0.39, 0.29) is 27.6 Å². The monoisotopic (exact) mass is 501 g/mol. The first-order chi connectivity index (χ1) is 17.4. The molecular formula is C28H25ClFN5O. The van der Waals surface area contributed by atoms with Gasteiger partial charge in [0.2, 0.25) is 11.4 Å². The Morgan fingerprint density at radius 2 is 2.03 bits per heavy atom. The first-order valence-corrected chi connectivity index (χ1v) is 12.7. The lowest BCUT2D eigenvalue weighted by Gasteiger charge is -2.32. The molecule has 0 atom stereocenters. The molecule has 3 heterocycles. The van der Waals surface area contributed by atoms with E-state index in [0.29, 0.717) is 22.4 Å². The SMILES string of the molecule is CN1Cc2cc(Nc3ncc4c(=O)c(-c5c(F)cccc5Cl)cn(C5CC5)c4n3)ccc2C2(CC2)C1. The van der Waals surface area contributed by atoms with Crippen LogP contribution < -0.4 is 10.7 Å². The predicted molar refractivity (Wildman–Crippen MR) is 139 cm³/mol. The van der Waals surface area contributed by atoms with Gasteiger partial charge in [0, 0.05) is 48.2 Å². The Balaban J connectivity index is 1.30. The number of rotatable bonds is 4. The molecule has 0 unspecified atom stereocenters. The molecule has 2 saturated carbocycles. The zero-order chi connectivity index (χ0) is 24.6. The van der Waals surface area contributed by atoms with E-state index in [4.69, 9.17) is 16.6 Å². The van der Waals surface area contributed by atoms with Gasteiger partial charge in [0.1, 0.15) is 11.5 Å². The third kappa shape index (κ3) is 3.52. The average Bonchev–Trinajstić information content (AvgIpc) is 3.77. The number of anilines is 2. The second-order valence-corrected chi connectivity index (χ2v) is 10.9. The maximum atomic E-state index is 14.7. The second-order valence-electron chi connectivity index (χ2n) is 10.5. The van der Waals surface area contributed by atoms with Crippen molar-refractivity contribution in [3.63, 3.8) is 0 Å². The van der Waals surface area contributed by atoms with Gasteiger partial charge in [0.15, 0.2) is 0 Å². The lowest BCUT2D eigenvalue weighted by molar-refractivity contribution is 0.271. The predicted octanol–water partition coefficient (Wildman–Crippen LogP) is 5.81. The van der Waals surface area contributed by atoms with Gasteiger partial charge in [-0.15, -0.1) is 0 Å². The van der Waals surface area contributed by atoms with Gasteiger partial charge in [0.05, 0.1) is 16.0 Å². The summed E-state index contributed by atoms with van der Waals surface area (Å²) in [5.74, 6) is -0.0928. The highest BCUT2D eigenvalue weighted by Crippen LogP contribution is 2.52. The molecule has 1 N–H and O–H groups in total. The molecule has 6 nitrogen and oxygen atoms in total. The first kappa shape index (κ1) is 21.9. The summed E-state index contributed by atoms with van der Waals surface area (Å²) in [6.07, 6.45) is 7.71. The van der Waals surface area contributed by atoms with Crippen LogP contribution in [0.5, 0.6) is 0 Å². The molecule has 36 heavy (non-hydrogen) atoms. The van der Waals surface area contributed by atoms with Crippen molar-refractivity contribution in [1.82, 2.24) is 19.4 Å². The van der Waals surface area contributed by atoms with Gasteiger partial charge >= 0.3 is 0 Å². The van der Waals surface area contributed by atoms with Crippen molar-refractivity contribution in [2.75, 3.05) is 18.9 Å². The maximum absolute atomic E-state index is 14.7. The van der Waals surface area contributed by atoms with Gasteiger partial charge in [-0.05, 0) is 68.1 Å². The van der Waals surface area contributed by atoms with Crippen molar-refractivity contribution < 1.29 is 4.39 Å². The normalized spacial score (nSPS) is 18.4. The Hall–Kier alpha value is -3.29. The minimum Gasteiger partial charge on any atom is -0.328 e. The summed E-state index contributed by atoms with van der Waals surface area (Å²) in [7, 11) is 2.18. The smallest absolute Gasteiger partial charge is 0.229 e. The first-order valence-electron chi connectivity index (χ1n) is 12.4. The van der Waals surface area contributed by atoms with E-state index in [0.717, 1.165) is 31.6 Å². The fraction of sp³-hybridized carbons (Fsp3) is 0.321. The second kappa shape index (κ2) is 7.85. The number of nitrogens with one attached hydrogen (secondary N) is 1. The van der Waals surface area contributed by atoms with Crippen LogP contribution in [-0.4, -0.2) is 33.0 Å². The van der Waals surface area contributed by atoms with Gasteiger partial charge in [0.25, 0.3) is 0 Å². The average molecular weight is 502 g/mol. The van der Waals surface area contributed by atoms with Crippen molar-refractivity contribution in [2.24, 2.45) is 0 Å². The summed E-state index contributed by atoms with van der Waals surface area (Å²) in [5.41, 5.74) is 4.64. The van der Waals surface area contributed by atoms with Gasteiger partial charge in [-0.25, -0.2) is 9.37 Å². The lowest BCUT2D eigenvalue weighted by Crippen LogP contribution is -2.35. The third-order valence-electron chi connectivity index (χ3n) is 7.74. The highest BCUT2D eigenvalue weighted by Gasteiger charge is 2.48. The van der Waals surface area contributed by atoms with Crippen LogP contribution in [-0.2, 0) is 12.0 Å². The summed E-state index contributed by atoms with van der Waals surface area (Å²) >= 11 is 6.30. The fourth-order valence-electron chi connectivity index (χ4n) is 5.73. The molecule has 0 radical (unpaired) electrons. The van der Waals surface area contributed by atoms with Crippen LogP contribution in [0.1, 0.15) is 42.9 Å². The van der Waals surface area contributed by atoms with Crippen LogP contribution in [0.15, 0.2) is 53.6 Å². The summed E-state index contributed by atoms with van der Waals surface area (Å²) in [6, 6.07) is 11.2. The number of fused-ring (bicyclic) bond motifs is 3.